The maximum atomic E-state index is 11.8. The molecule has 0 saturated heterocycles. The molecule has 0 saturated carbocycles. The third-order valence-electron chi connectivity index (χ3n) is 2.66. The summed E-state index contributed by atoms with van der Waals surface area (Å²) in [5, 5.41) is 10.6. The lowest BCUT2D eigenvalue weighted by molar-refractivity contribution is -0.116. The highest BCUT2D eigenvalue weighted by molar-refractivity contribution is 7.13. The van der Waals surface area contributed by atoms with E-state index in [0.717, 1.165) is 5.56 Å². The molecule has 1 heterocycles. The number of hydrogen-bond acceptors (Lipinski definition) is 6. The SMILES string of the molecule is COc1cc(CCC(=O)Nc2nncs2)cc(OC)c1. The first kappa shape index (κ1) is 14.3. The Balaban J connectivity index is 1.94. The Bertz CT molecular complexity index is 550. The van der Waals surface area contributed by atoms with Crippen molar-refractivity contribution >= 4 is 22.4 Å². The molecule has 1 aromatic carbocycles. The van der Waals surface area contributed by atoms with E-state index in [1.165, 1.54) is 11.3 Å². The summed E-state index contributed by atoms with van der Waals surface area (Å²) in [6.07, 6.45) is 0.952. The average Bonchev–Trinajstić information content (AvgIpc) is 2.97. The van der Waals surface area contributed by atoms with Crippen LogP contribution >= 0.6 is 11.3 Å². The van der Waals surface area contributed by atoms with Crippen molar-refractivity contribution in [3.8, 4) is 11.5 Å². The molecule has 0 bridgehead atoms. The molecule has 6 nitrogen and oxygen atoms in total. The molecule has 0 aliphatic rings. The maximum absolute atomic E-state index is 11.8. The fourth-order valence-electron chi connectivity index (χ4n) is 1.68. The molecule has 2 rings (SSSR count). The van der Waals surface area contributed by atoms with Crippen LogP contribution in [0.3, 0.4) is 0 Å². The van der Waals surface area contributed by atoms with Gasteiger partial charge in [0, 0.05) is 12.5 Å². The minimum absolute atomic E-state index is 0.0939. The van der Waals surface area contributed by atoms with E-state index in [2.05, 4.69) is 15.5 Å². The van der Waals surface area contributed by atoms with Gasteiger partial charge >= 0.3 is 0 Å². The lowest BCUT2D eigenvalue weighted by atomic mass is 10.1. The number of aryl methyl sites for hydroxylation is 1. The Morgan fingerprint density at radius 3 is 2.50 bits per heavy atom. The molecule has 1 aromatic heterocycles. The van der Waals surface area contributed by atoms with Crippen molar-refractivity contribution in [2.75, 3.05) is 19.5 Å². The van der Waals surface area contributed by atoms with E-state index < -0.39 is 0 Å². The second kappa shape index (κ2) is 6.85. The zero-order valence-corrected chi connectivity index (χ0v) is 12.1. The van der Waals surface area contributed by atoms with Gasteiger partial charge in [0.1, 0.15) is 17.0 Å². The number of aromatic nitrogens is 2. The summed E-state index contributed by atoms with van der Waals surface area (Å²) in [5.41, 5.74) is 2.55. The van der Waals surface area contributed by atoms with Crippen molar-refractivity contribution < 1.29 is 14.3 Å². The first-order chi connectivity index (χ1) is 9.71. The molecule has 0 aliphatic heterocycles. The quantitative estimate of drug-likeness (QED) is 0.883. The number of carbonyl (C=O) groups is 1. The minimum Gasteiger partial charge on any atom is -0.497 e. The zero-order valence-electron chi connectivity index (χ0n) is 11.3. The molecule has 0 unspecified atom stereocenters. The van der Waals surface area contributed by atoms with Gasteiger partial charge in [-0.2, -0.15) is 0 Å². The van der Waals surface area contributed by atoms with Crippen LogP contribution < -0.4 is 14.8 Å². The van der Waals surface area contributed by atoms with Gasteiger partial charge in [0.15, 0.2) is 0 Å². The van der Waals surface area contributed by atoms with Crippen LogP contribution in [0, 0.1) is 0 Å². The highest BCUT2D eigenvalue weighted by Gasteiger charge is 2.07. The molecule has 0 spiro atoms. The molecular weight excluding hydrogens is 278 g/mol. The van der Waals surface area contributed by atoms with Gasteiger partial charge in [0.25, 0.3) is 0 Å². The van der Waals surface area contributed by atoms with Crippen LogP contribution in [0.5, 0.6) is 11.5 Å². The van der Waals surface area contributed by atoms with E-state index in [4.69, 9.17) is 9.47 Å². The molecule has 0 aliphatic carbocycles. The van der Waals surface area contributed by atoms with Crippen molar-refractivity contribution in [3.05, 3.63) is 29.3 Å². The van der Waals surface area contributed by atoms with Crippen LogP contribution in [0.4, 0.5) is 5.13 Å². The number of hydrogen-bond donors (Lipinski definition) is 1. The van der Waals surface area contributed by atoms with Crippen LogP contribution in [-0.2, 0) is 11.2 Å². The van der Waals surface area contributed by atoms with Crippen molar-refractivity contribution in [2.24, 2.45) is 0 Å². The van der Waals surface area contributed by atoms with E-state index in [1.54, 1.807) is 25.8 Å². The van der Waals surface area contributed by atoms with Crippen molar-refractivity contribution in [1.82, 2.24) is 10.2 Å². The summed E-state index contributed by atoms with van der Waals surface area (Å²) < 4.78 is 10.4. The summed E-state index contributed by atoms with van der Waals surface area (Å²) in [5.74, 6) is 1.33. The fourth-order valence-corrected chi connectivity index (χ4v) is 2.14. The highest BCUT2D eigenvalue weighted by Crippen LogP contribution is 2.23. The van der Waals surface area contributed by atoms with Gasteiger partial charge in [-0.1, -0.05) is 11.3 Å². The van der Waals surface area contributed by atoms with Gasteiger partial charge in [0.05, 0.1) is 14.2 Å². The largest absolute Gasteiger partial charge is 0.497 e. The van der Waals surface area contributed by atoms with Gasteiger partial charge in [-0.3, -0.25) is 4.79 Å². The molecule has 20 heavy (non-hydrogen) atoms. The summed E-state index contributed by atoms with van der Waals surface area (Å²) in [6, 6.07) is 5.58. The number of methoxy groups -OCH3 is 2. The highest BCUT2D eigenvalue weighted by atomic mass is 32.1. The van der Waals surface area contributed by atoms with E-state index in [9.17, 15) is 4.79 Å². The molecule has 1 amide bonds. The van der Waals surface area contributed by atoms with E-state index in [1.807, 2.05) is 12.1 Å². The number of rotatable bonds is 6. The van der Waals surface area contributed by atoms with Crippen molar-refractivity contribution in [2.45, 2.75) is 12.8 Å². The predicted octanol–water partition coefficient (Wildman–Crippen LogP) is 2.13. The van der Waals surface area contributed by atoms with E-state index >= 15 is 0 Å². The Morgan fingerprint density at radius 1 is 1.25 bits per heavy atom. The van der Waals surface area contributed by atoms with Gasteiger partial charge < -0.3 is 14.8 Å². The summed E-state index contributed by atoms with van der Waals surface area (Å²) in [6.45, 7) is 0. The standard InChI is InChI=1S/C13H15N3O3S/c1-18-10-5-9(6-11(7-10)19-2)3-4-12(17)15-13-16-14-8-20-13/h5-8H,3-4H2,1-2H3,(H,15,16,17). The molecule has 0 atom stereocenters. The number of nitrogens with zero attached hydrogens (tertiary/aromatic N) is 2. The number of amides is 1. The maximum Gasteiger partial charge on any atom is 0.226 e. The Labute approximate surface area is 120 Å². The number of ether oxygens (including phenoxy) is 2. The smallest absolute Gasteiger partial charge is 0.226 e. The molecule has 106 valence electrons. The van der Waals surface area contributed by atoms with Crippen molar-refractivity contribution in [1.29, 1.82) is 0 Å². The van der Waals surface area contributed by atoms with Gasteiger partial charge in [0.2, 0.25) is 11.0 Å². The Kier molecular flexibility index (Phi) is 4.89. The summed E-state index contributed by atoms with van der Waals surface area (Å²) in [4.78, 5) is 11.8. The second-order valence-electron chi connectivity index (χ2n) is 4.01. The summed E-state index contributed by atoms with van der Waals surface area (Å²) >= 11 is 1.29. The average molecular weight is 293 g/mol. The Hall–Kier alpha value is -2.15. The molecule has 0 fully saturated rings. The van der Waals surface area contributed by atoms with Gasteiger partial charge in [-0.05, 0) is 24.1 Å². The Morgan fingerprint density at radius 2 is 1.95 bits per heavy atom. The first-order valence-electron chi connectivity index (χ1n) is 5.99. The van der Waals surface area contributed by atoms with Crippen LogP contribution in [0.1, 0.15) is 12.0 Å². The van der Waals surface area contributed by atoms with E-state index in [-0.39, 0.29) is 5.91 Å². The molecule has 1 N–H and O–H groups in total. The minimum atomic E-state index is -0.0939. The second-order valence-corrected chi connectivity index (χ2v) is 4.85. The first-order valence-corrected chi connectivity index (χ1v) is 6.87. The molecule has 0 radical (unpaired) electrons. The van der Waals surface area contributed by atoms with Crippen LogP contribution in [0.25, 0.3) is 0 Å². The predicted molar refractivity (Wildman–Crippen MR) is 76.4 cm³/mol. The topological polar surface area (TPSA) is 73.3 Å². The van der Waals surface area contributed by atoms with Crippen LogP contribution in [0.15, 0.2) is 23.7 Å². The number of carbonyl (C=O) groups excluding carboxylic acids is 1. The zero-order chi connectivity index (χ0) is 14.4. The van der Waals surface area contributed by atoms with E-state index in [0.29, 0.717) is 29.5 Å². The van der Waals surface area contributed by atoms with Gasteiger partial charge in [-0.15, -0.1) is 10.2 Å². The lowest BCUT2D eigenvalue weighted by Gasteiger charge is -2.08. The third-order valence-corrected chi connectivity index (χ3v) is 3.27. The van der Waals surface area contributed by atoms with Gasteiger partial charge in [-0.25, -0.2) is 0 Å². The van der Waals surface area contributed by atoms with Crippen LogP contribution in [0.2, 0.25) is 0 Å². The molecule has 2 aromatic rings. The number of anilines is 1. The van der Waals surface area contributed by atoms with Crippen molar-refractivity contribution in [3.63, 3.8) is 0 Å². The monoisotopic (exact) mass is 293 g/mol. The third kappa shape index (κ3) is 3.92. The summed E-state index contributed by atoms with van der Waals surface area (Å²) in [7, 11) is 3.20. The molecular formula is C13H15N3O3S. The normalized spacial score (nSPS) is 10.1. The lowest BCUT2D eigenvalue weighted by Crippen LogP contribution is -2.12. The fraction of sp³-hybridized carbons (Fsp3) is 0.308. The number of nitrogens with one attached hydrogen (secondary N) is 1. The molecule has 7 heteroatoms. The van der Waals surface area contributed by atoms with Crippen LogP contribution in [-0.4, -0.2) is 30.3 Å². The number of benzene rings is 1.